The van der Waals surface area contributed by atoms with Gasteiger partial charge in [-0.25, -0.2) is 0 Å². The highest BCUT2D eigenvalue weighted by Gasteiger charge is 2.35. The van der Waals surface area contributed by atoms with Gasteiger partial charge in [0, 0.05) is 33.2 Å². The van der Waals surface area contributed by atoms with Crippen LogP contribution in [-0.2, 0) is 18.9 Å². The van der Waals surface area contributed by atoms with Crippen molar-refractivity contribution in [3.63, 3.8) is 0 Å². The SMILES string of the molecule is CCCCCCCCC(C)C(CCCOCC1CO1)(OC)OC. The van der Waals surface area contributed by atoms with Gasteiger partial charge in [-0.05, 0) is 12.8 Å². The quantitative estimate of drug-likeness (QED) is 0.236. The molecule has 0 aliphatic carbocycles. The molecule has 1 rings (SSSR count). The van der Waals surface area contributed by atoms with Gasteiger partial charge in [-0.2, -0.15) is 0 Å². The van der Waals surface area contributed by atoms with Crippen LogP contribution in [0.25, 0.3) is 0 Å². The zero-order chi connectivity index (χ0) is 17.0. The summed E-state index contributed by atoms with van der Waals surface area (Å²) in [6.07, 6.45) is 11.3. The molecule has 0 aromatic heterocycles. The molecule has 0 amide bonds. The second-order valence-electron chi connectivity index (χ2n) is 6.81. The molecule has 1 heterocycles. The minimum atomic E-state index is -0.469. The number of hydrogen-bond donors (Lipinski definition) is 0. The van der Waals surface area contributed by atoms with Crippen LogP contribution in [0, 0.1) is 5.92 Å². The maximum absolute atomic E-state index is 5.78. The summed E-state index contributed by atoms with van der Waals surface area (Å²) in [7, 11) is 3.53. The van der Waals surface area contributed by atoms with Gasteiger partial charge in [0.25, 0.3) is 0 Å². The van der Waals surface area contributed by atoms with E-state index in [2.05, 4.69) is 13.8 Å². The number of hydrogen-bond acceptors (Lipinski definition) is 4. The van der Waals surface area contributed by atoms with Crippen molar-refractivity contribution in [2.24, 2.45) is 5.92 Å². The van der Waals surface area contributed by atoms with Crippen molar-refractivity contribution in [2.75, 3.05) is 34.0 Å². The summed E-state index contributed by atoms with van der Waals surface area (Å²) in [5.74, 6) is -0.0708. The van der Waals surface area contributed by atoms with Gasteiger partial charge in [0.05, 0.1) is 13.2 Å². The Morgan fingerprint density at radius 3 is 2.30 bits per heavy atom. The highest BCUT2D eigenvalue weighted by Crippen LogP contribution is 2.31. The van der Waals surface area contributed by atoms with Crippen molar-refractivity contribution in [2.45, 2.75) is 83.5 Å². The second kappa shape index (κ2) is 12.2. The molecule has 2 atom stereocenters. The Bertz CT molecular complexity index is 275. The van der Waals surface area contributed by atoms with Crippen molar-refractivity contribution in [3.05, 3.63) is 0 Å². The van der Waals surface area contributed by atoms with E-state index in [-0.39, 0.29) is 0 Å². The van der Waals surface area contributed by atoms with Crippen molar-refractivity contribution in [1.29, 1.82) is 0 Å². The van der Waals surface area contributed by atoms with Crippen LogP contribution in [0.4, 0.5) is 0 Å². The second-order valence-corrected chi connectivity index (χ2v) is 6.81. The molecule has 1 aliphatic rings. The van der Waals surface area contributed by atoms with E-state index in [9.17, 15) is 0 Å². The average molecular weight is 331 g/mol. The highest BCUT2D eigenvalue weighted by atomic mass is 16.7. The van der Waals surface area contributed by atoms with Crippen molar-refractivity contribution in [3.8, 4) is 0 Å². The highest BCUT2D eigenvalue weighted by molar-refractivity contribution is 4.77. The number of rotatable bonds is 16. The van der Waals surface area contributed by atoms with Crippen LogP contribution in [0.2, 0.25) is 0 Å². The molecule has 1 aliphatic heterocycles. The molecule has 23 heavy (non-hydrogen) atoms. The van der Waals surface area contributed by atoms with E-state index in [1.165, 1.54) is 38.5 Å². The zero-order valence-corrected chi connectivity index (χ0v) is 15.8. The lowest BCUT2D eigenvalue weighted by atomic mass is 9.90. The van der Waals surface area contributed by atoms with Crippen molar-refractivity contribution in [1.82, 2.24) is 0 Å². The molecule has 1 saturated heterocycles. The first-order chi connectivity index (χ1) is 11.2. The summed E-state index contributed by atoms with van der Waals surface area (Å²) in [6.45, 7) is 6.83. The van der Waals surface area contributed by atoms with Gasteiger partial charge in [-0.15, -0.1) is 0 Å². The van der Waals surface area contributed by atoms with Gasteiger partial charge in [-0.1, -0.05) is 52.4 Å². The fourth-order valence-corrected chi connectivity index (χ4v) is 3.19. The van der Waals surface area contributed by atoms with E-state index in [0.717, 1.165) is 39.1 Å². The van der Waals surface area contributed by atoms with Crippen LogP contribution >= 0.6 is 0 Å². The van der Waals surface area contributed by atoms with E-state index in [4.69, 9.17) is 18.9 Å². The Balaban J connectivity index is 2.19. The largest absolute Gasteiger partial charge is 0.379 e. The summed E-state index contributed by atoms with van der Waals surface area (Å²) in [6, 6.07) is 0. The van der Waals surface area contributed by atoms with Gasteiger partial charge in [0.1, 0.15) is 6.10 Å². The van der Waals surface area contributed by atoms with Crippen LogP contribution in [0.5, 0.6) is 0 Å². The molecule has 1 fully saturated rings. The minimum absolute atomic E-state index is 0.344. The summed E-state index contributed by atoms with van der Waals surface area (Å²) >= 11 is 0. The first-order valence-electron chi connectivity index (χ1n) is 9.48. The zero-order valence-electron chi connectivity index (χ0n) is 15.8. The predicted molar refractivity (Wildman–Crippen MR) is 93.7 cm³/mol. The number of unbranched alkanes of at least 4 members (excludes halogenated alkanes) is 5. The lowest BCUT2D eigenvalue weighted by molar-refractivity contribution is -0.243. The summed E-state index contributed by atoms with van der Waals surface area (Å²) < 4.78 is 22.3. The lowest BCUT2D eigenvalue weighted by Gasteiger charge is -2.37. The topological polar surface area (TPSA) is 40.2 Å². The molecular formula is C19H38O4. The Labute approximate surface area is 143 Å². The molecule has 0 aromatic rings. The van der Waals surface area contributed by atoms with Crippen LogP contribution in [0.3, 0.4) is 0 Å². The summed E-state index contributed by atoms with van der Waals surface area (Å²) in [5, 5.41) is 0. The lowest BCUT2D eigenvalue weighted by Crippen LogP contribution is -2.41. The Morgan fingerprint density at radius 1 is 1.04 bits per heavy atom. The molecule has 4 nitrogen and oxygen atoms in total. The Hall–Kier alpha value is -0.160. The molecule has 2 unspecified atom stereocenters. The Morgan fingerprint density at radius 2 is 1.70 bits per heavy atom. The molecule has 0 aromatic carbocycles. The number of ether oxygens (including phenoxy) is 4. The molecule has 138 valence electrons. The Kier molecular flexibility index (Phi) is 11.1. The van der Waals surface area contributed by atoms with Crippen LogP contribution < -0.4 is 0 Å². The maximum Gasteiger partial charge on any atom is 0.170 e. The smallest absolute Gasteiger partial charge is 0.170 e. The maximum atomic E-state index is 5.78. The van der Waals surface area contributed by atoms with E-state index < -0.39 is 5.79 Å². The molecule has 0 bridgehead atoms. The molecule has 0 radical (unpaired) electrons. The van der Waals surface area contributed by atoms with Crippen LogP contribution in [0.1, 0.15) is 71.6 Å². The predicted octanol–water partition coefficient (Wildman–Crippen LogP) is 4.56. The average Bonchev–Trinajstić information content (AvgIpc) is 3.38. The van der Waals surface area contributed by atoms with E-state index in [0.29, 0.717) is 12.0 Å². The normalized spacial score (nSPS) is 19.0. The van der Waals surface area contributed by atoms with Gasteiger partial charge in [0.15, 0.2) is 5.79 Å². The molecule has 0 spiro atoms. The standard InChI is InChI=1S/C19H38O4/c1-5-6-7-8-9-10-12-17(2)19(20-3,21-4)13-11-14-22-15-18-16-23-18/h17-18H,5-16H2,1-4H3. The molecule has 0 N–H and O–H groups in total. The van der Waals surface area contributed by atoms with Crippen LogP contribution in [0.15, 0.2) is 0 Å². The third-order valence-corrected chi connectivity index (χ3v) is 4.95. The van der Waals surface area contributed by atoms with Gasteiger partial charge >= 0.3 is 0 Å². The molecule has 0 saturated carbocycles. The van der Waals surface area contributed by atoms with E-state index >= 15 is 0 Å². The fourth-order valence-electron chi connectivity index (χ4n) is 3.19. The summed E-state index contributed by atoms with van der Waals surface area (Å²) in [4.78, 5) is 0. The number of epoxide rings is 1. The monoisotopic (exact) mass is 330 g/mol. The first-order valence-corrected chi connectivity index (χ1v) is 9.48. The van der Waals surface area contributed by atoms with Crippen molar-refractivity contribution < 1.29 is 18.9 Å². The van der Waals surface area contributed by atoms with Crippen LogP contribution in [-0.4, -0.2) is 45.9 Å². The molecular weight excluding hydrogens is 292 g/mol. The third-order valence-electron chi connectivity index (χ3n) is 4.95. The minimum Gasteiger partial charge on any atom is -0.379 e. The van der Waals surface area contributed by atoms with Gasteiger partial charge < -0.3 is 18.9 Å². The summed E-state index contributed by atoms with van der Waals surface area (Å²) in [5.41, 5.74) is 0. The van der Waals surface area contributed by atoms with E-state index in [1.807, 2.05) is 0 Å². The van der Waals surface area contributed by atoms with E-state index in [1.54, 1.807) is 14.2 Å². The van der Waals surface area contributed by atoms with Crippen molar-refractivity contribution >= 4 is 0 Å². The molecule has 4 heteroatoms. The van der Waals surface area contributed by atoms with Gasteiger partial charge in [0.2, 0.25) is 0 Å². The van der Waals surface area contributed by atoms with Gasteiger partial charge in [-0.3, -0.25) is 0 Å². The third kappa shape index (κ3) is 8.48. The fraction of sp³-hybridized carbons (Fsp3) is 1.00. The number of methoxy groups -OCH3 is 2. The first kappa shape index (κ1) is 20.9.